The Kier molecular flexibility index (Phi) is 3.84. The second kappa shape index (κ2) is 5.41. The van der Waals surface area contributed by atoms with Crippen LogP contribution in [0.25, 0.3) is 0 Å². The number of sulfone groups is 1. The molecule has 0 unspecified atom stereocenters. The number of hydrogen-bond donors (Lipinski definition) is 2. The van der Waals surface area contributed by atoms with Gasteiger partial charge in [-0.1, -0.05) is 19.1 Å². The van der Waals surface area contributed by atoms with Crippen molar-refractivity contribution in [2.75, 3.05) is 11.6 Å². The predicted octanol–water partition coefficient (Wildman–Crippen LogP) is 1.02. The first-order valence-electron chi connectivity index (χ1n) is 5.93. The molecular formula is C12H14N4O3S. The number of carbonyl (C=O) groups excluding carboxylic acids is 1. The number of nitrogens with zero attached hydrogens (tertiary/aromatic N) is 2. The number of nitrogens with one attached hydrogen (secondary N) is 2. The minimum absolute atomic E-state index is 0.0230. The summed E-state index contributed by atoms with van der Waals surface area (Å²) in [5.41, 5.74) is 0.211. The Balaban J connectivity index is 2.29. The van der Waals surface area contributed by atoms with Crippen LogP contribution in [0.4, 0.5) is 5.69 Å². The molecule has 2 aromatic rings. The fourth-order valence-electron chi connectivity index (χ4n) is 1.63. The summed E-state index contributed by atoms with van der Waals surface area (Å²) in [7, 11) is -3.42. The molecule has 0 fully saturated rings. The van der Waals surface area contributed by atoms with E-state index < -0.39 is 15.7 Å². The fourth-order valence-corrected chi connectivity index (χ4v) is 2.47. The number of aromatic nitrogens is 3. The van der Waals surface area contributed by atoms with E-state index in [0.29, 0.717) is 12.2 Å². The van der Waals surface area contributed by atoms with Crippen LogP contribution >= 0.6 is 0 Å². The van der Waals surface area contributed by atoms with Gasteiger partial charge in [-0.3, -0.25) is 9.89 Å². The minimum atomic E-state index is -3.42. The maximum atomic E-state index is 12.0. The number of hydrogen-bond acceptors (Lipinski definition) is 5. The molecule has 0 bridgehead atoms. The van der Waals surface area contributed by atoms with Crippen LogP contribution in [0.15, 0.2) is 29.2 Å². The average molecular weight is 294 g/mol. The van der Waals surface area contributed by atoms with Gasteiger partial charge in [0.15, 0.2) is 9.84 Å². The molecule has 20 heavy (non-hydrogen) atoms. The lowest BCUT2D eigenvalue weighted by Gasteiger charge is -2.07. The van der Waals surface area contributed by atoms with Gasteiger partial charge in [-0.2, -0.15) is 0 Å². The Hall–Kier alpha value is -2.22. The zero-order chi connectivity index (χ0) is 14.8. The smallest absolute Gasteiger partial charge is 0.295 e. The maximum absolute atomic E-state index is 12.0. The summed E-state index contributed by atoms with van der Waals surface area (Å²) < 4.78 is 23.3. The summed E-state index contributed by atoms with van der Waals surface area (Å²) in [5, 5.41) is 8.91. The van der Waals surface area contributed by atoms with Crippen molar-refractivity contribution in [1.82, 2.24) is 15.2 Å². The van der Waals surface area contributed by atoms with Gasteiger partial charge in [-0.15, -0.1) is 5.10 Å². The van der Waals surface area contributed by atoms with Crippen molar-refractivity contribution in [2.24, 2.45) is 0 Å². The number of anilines is 1. The Labute approximate surface area is 116 Å². The van der Waals surface area contributed by atoms with Crippen LogP contribution in [0, 0.1) is 0 Å². The lowest BCUT2D eigenvalue weighted by molar-refractivity contribution is 0.101. The lowest BCUT2D eigenvalue weighted by atomic mass is 10.3. The highest BCUT2D eigenvalue weighted by Crippen LogP contribution is 2.20. The van der Waals surface area contributed by atoms with Crippen LogP contribution in [0.2, 0.25) is 0 Å². The van der Waals surface area contributed by atoms with Gasteiger partial charge in [-0.05, 0) is 12.1 Å². The highest BCUT2D eigenvalue weighted by atomic mass is 32.2. The van der Waals surface area contributed by atoms with E-state index in [1.165, 1.54) is 12.1 Å². The van der Waals surface area contributed by atoms with Crippen LogP contribution in [0.3, 0.4) is 0 Å². The number of carbonyl (C=O) groups is 1. The monoisotopic (exact) mass is 294 g/mol. The van der Waals surface area contributed by atoms with Gasteiger partial charge >= 0.3 is 0 Å². The molecule has 1 amide bonds. The molecule has 1 aromatic carbocycles. The molecule has 0 saturated carbocycles. The van der Waals surface area contributed by atoms with E-state index in [1.54, 1.807) is 12.1 Å². The number of benzene rings is 1. The van der Waals surface area contributed by atoms with E-state index in [1.807, 2.05) is 6.92 Å². The standard InChI is InChI=1S/C12H14N4O3S/c1-3-10-14-11(16-15-10)12(17)13-8-6-4-5-7-9(8)20(2,18)19/h4-7H,3H2,1-2H3,(H,13,17)(H,14,15,16). The third-order valence-electron chi connectivity index (χ3n) is 2.60. The molecule has 0 aliphatic rings. The van der Waals surface area contributed by atoms with Crippen LogP contribution in [-0.4, -0.2) is 35.8 Å². The molecule has 0 aliphatic carbocycles. The normalized spacial score (nSPS) is 11.3. The summed E-state index contributed by atoms with van der Waals surface area (Å²) >= 11 is 0. The van der Waals surface area contributed by atoms with Gasteiger partial charge in [0.2, 0.25) is 5.82 Å². The van der Waals surface area contributed by atoms with Crippen LogP contribution in [0.5, 0.6) is 0 Å². The highest BCUT2D eigenvalue weighted by molar-refractivity contribution is 7.90. The van der Waals surface area contributed by atoms with E-state index >= 15 is 0 Å². The topological polar surface area (TPSA) is 105 Å². The van der Waals surface area contributed by atoms with Crippen molar-refractivity contribution in [3.05, 3.63) is 35.9 Å². The van der Waals surface area contributed by atoms with Crippen molar-refractivity contribution in [3.63, 3.8) is 0 Å². The second-order valence-corrected chi connectivity index (χ2v) is 6.17. The largest absolute Gasteiger partial charge is 0.318 e. The molecule has 0 radical (unpaired) electrons. The minimum Gasteiger partial charge on any atom is -0.318 e. The van der Waals surface area contributed by atoms with Crippen molar-refractivity contribution < 1.29 is 13.2 Å². The van der Waals surface area contributed by atoms with Gasteiger partial charge in [0, 0.05) is 12.7 Å². The van der Waals surface area contributed by atoms with E-state index in [0.717, 1.165) is 6.26 Å². The van der Waals surface area contributed by atoms with E-state index in [-0.39, 0.29) is 16.4 Å². The molecule has 0 atom stereocenters. The Morgan fingerprint density at radius 2 is 2.05 bits per heavy atom. The molecule has 106 valence electrons. The Bertz CT molecular complexity index is 737. The van der Waals surface area contributed by atoms with Gasteiger partial charge in [-0.25, -0.2) is 13.4 Å². The summed E-state index contributed by atoms with van der Waals surface area (Å²) in [6.45, 7) is 1.88. The predicted molar refractivity (Wildman–Crippen MR) is 73.3 cm³/mol. The number of aromatic amines is 1. The van der Waals surface area contributed by atoms with Gasteiger partial charge in [0.25, 0.3) is 5.91 Å². The summed E-state index contributed by atoms with van der Waals surface area (Å²) in [5.74, 6) is 0.00810. The summed E-state index contributed by atoms with van der Waals surface area (Å²) in [4.78, 5) is 16.0. The number of rotatable bonds is 4. The first-order valence-corrected chi connectivity index (χ1v) is 7.82. The van der Waals surface area contributed by atoms with E-state index in [9.17, 15) is 13.2 Å². The van der Waals surface area contributed by atoms with Gasteiger partial charge in [0.05, 0.1) is 10.6 Å². The SMILES string of the molecule is CCc1nc(C(=O)Nc2ccccc2S(C)(=O)=O)n[nH]1. The number of para-hydroxylation sites is 1. The molecule has 7 nitrogen and oxygen atoms in total. The molecular weight excluding hydrogens is 280 g/mol. The summed E-state index contributed by atoms with van der Waals surface area (Å²) in [6.07, 6.45) is 1.71. The number of aryl methyl sites for hydroxylation is 1. The zero-order valence-electron chi connectivity index (χ0n) is 11.0. The molecule has 1 aromatic heterocycles. The number of H-pyrrole nitrogens is 1. The maximum Gasteiger partial charge on any atom is 0.295 e. The zero-order valence-corrected chi connectivity index (χ0v) is 11.9. The highest BCUT2D eigenvalue weighted by Gasteiger charge is 2.17. The molecule has 0 aliphatic heterocycles. The van der Waals surface area contributed by atoms with Gasteiger partial charge < -0.3 is 5.32 Å². The van der Waals surface area contributed by atoms with Crippen molar-refractivity contribution in [1.29, 1.82) is 0 Å². The molecule has 0 spiro atoms. The van der Waals surface area contributed by atoms with E-state index in [2.05, 4.69) is 20.5 Å². The van der Waals surface area contributed by atoms with E-state index in [4.69, 9.17) is 0 Å². The van der Waals surface area contributed by atoms with Crippen LogP contribution < -0.4 is 5.32 Å². The summed E-state index contributed by atoms with van der Waals surface area (Å²) in [6, 6.07) is 6.18. The first-order chi connectivity index (χ1) is 9.41. The first kappa shape index (κ1) is 14.2. The molecule has 0 saturated heterocycles. The molecule has 1 heterocycles. The average Bonchev–Trinajstić information content (AvgIpc) is 2.87. The van der Waals surface area contributed by atoms with Crippen LogP contribution in [0.1, 0.15) is 23.4 Å². The lowest BCUT2D eigenvalue weighted by Crippen LogP contribution is -2.16. The fraction of sp³-hybridized carbons (Fsp3) is 0.250. The molecule has 2 rings (SSSR count). The Morgan fingerprint density at radius 1 is 1.35 bits per heavy atom. The van der Waals surface area contributed by atoms with Crippen molar-refractivity contribution in [2.45, 2.75) is 18.2 Å². The second-order valence-electron chi connectivity index (χ2n) is 4.18. The van der Waals surface area contributed by atoms with Crippen molar-refractivity contribution >= 4 is 21.4 Å². The Morgan fingerprint density at radius 3 is 2.65 bits per heavy atom. The van der Waals surface area contributed by atoms with Gasteiger partial charge in [0.1, 0.15) is 5.82 Å². The third kappa shape index (κ3) is 3.02. The van der Waals surface area contributed by atoms with Crippen molar-refractivity contribution in [3.8, 4) is 0 Å². The molecule has 8 heteroatoms. The third-order valence-corrected chi connectivity index (χ3v) is 3.76. The number of amides is 1. The quantitative estimate of drug-likeness (QED) is 0.876. The van der Waals surface area contributed by atoms with Crippen LogP contribution in [-0.2, 0) is 16.3 Å². The molecule has 2 N–H and O–H groups in total.